The van der Waals surface area contributed by atoms with Crippen LogP contribution in [0.25, 0.3) is 10.8 Å². The lowest BCUT2D eigenvalue weighted by Gasteiger charge is -2.08. The molecular formula is C19H20N2O2S. The first-order chi connectivity index (χ1) is 11.6. The Bertz CT molecular complexity index is 865. The molecule has 124 valence electrons. The van der Waals surface area contributed by atoms with Gasteiger partial charge in [0.05, 0.1) is 21.3 Å². The number of benzene rings is 2. The van der Waals surface area contributed by atoms with Gasteiger partial charge in [-0.3, -0.25) is 0 Å². The third-order valence-corrected chi connectivity index (χ3v) is 4.80. The van der Waals surface area contributed by atoms with Crippen molar-refractivity contribution in [2.75, 3.05) is 13.2 Å². The second kappa shape index (κ2) is 7.45. The molecule has 0 atom stereocenters. The molecule has 0 radical (unpaired) electrons. The molecule has 0 bridgehead atoms. The van der Waals surface area contributed by atoms with E-state index in [2.05, 4.69) is 28.3 Å². The van der Waals surface area contributed by atoms with Crippen molar-refractivity contribution in [2.45, 2.75) is 20.8 Å². The summed E-state index contributed by atoms with van der Waals surface area (Å²) >= 11 is 1.63. The first-order valence-electron chi connectivity index (χ1n) is 7.86. The van der Waals surface area contributed by atoms with Crippen molar-refractivity contribution in [3.8, 4) is 5.75 Å². The summed E-state index contributed by atoms with van der Waals surface area (Å²) in [6, 6.07) is 14.2. The first-order valence-corrected chi connectivity index (χ1v) is 8.68. The van der Waals surface area contributed by atoms with Crippen LogP contribution in [-0.4, -0.2) is 23.9 Å². The molecule has 1 aromatic heterocycles. The van der Waals surface area contributed by atoms with E-state index in [-0.39, 0.29) is 0 Å². The molecule has 0 amide bonds. The molecule has 0 fully saturated rings. The maximum absolute atomic E-state index is 5.83. The average molecular weight is 340 g/mol. The minimum absolute atomic E-state index is 0.400. The zero-order valence-corrected chi connectivity index (χ0v) is 14.9. The summed E-state index contributed by atoms with van der Waals surface area (Å²) in [7, 11) is 0. The zero-order valence-electron chi connectivity index (χ0n) is 14.1. The van der Waals surface area contributed by atoms with E-state index >= 15 is 0 Å². The van der Waals surface area contributed by atoms with Gasteiger partial charge in [0.15, 0.2) is 6.61 Å². The largest absolute Gasteiger partial charge is 0.489 e. The van der Waals surface area contributed by atoms with Crippen LogP contribution in [0.2, 0.25) is 0 Å². The molecule has 4 nitrogen and oxygen atoms in total. The Morgan fingerprint density at radius 3 is 2.67 bits per heavy atom. The molecular weight excluding hydrogens is 320 g/mol. The van der Waals surface area contributed by atoms with E-state index in [1.165, 1.54) is 5.39 Å². The summed E-state index contributed by atoms with van der Waals surface area (Å²) in [5.41, 5.74) is 1.85. The van der Waals surface area contributed by atoms with Crippen LogP contribution in [0.15, 0.2) is 47.6 Å². The Balaban J connectivity index is 1.55. The Kier molecular flexibility index (Phi) is 5.11. The van der Waals surface area contributed by atoms with Crippen molar-refractivity contribution < 1.29 is 9.57 Å². The summed E-state index contributed by atoms with van der Waals surface area (Å²) in [5.74, 6) is 0.867. The Labute approximate surface area is 145 Å². The lowest BCUT2D eigenvalue weighted by molar-refractivity contribution is 0.108. The quantitative estimate of drug-likeness (QED) is 0.370. The lowest BCUT2D eigenvalue weighted by Crippen LogP contribution is -2.06. The second-order valence-corrected chi connectivity index (χ2v) is 6.69. The number of rotatable bonds is 6. The van der Waals surface area contributed by atoms with Gasteiger partial charge in [0.1, 0.15) is 12.4 Å². The number of nitrogens with zero attached hydrogens (tertiary/aromatic N) is 2. The van der Waals surface area contributed by atoms with Crippen LogP contribution in [-0.2, 0) is 4.84 Å². The predicted molar refractivity (Wildman–Crippen MR) is 99.2 cm³/mol. The number of ether oxygens (including phenoxy) is 1. The van der Waals surface area contributed by atoms with Gasteiger partial charge in [-0.05, 0) is 32.2 Å². The molecule has 0 aliphatic heterocycles. The van der Waals surface area contributed by atoms with E-state index < -0.39 is 0 Å². The number of aryl methyl sites for hydroxylation is 2. The predicted octanol–water partition coefficient (Wildman–Crippen LogP) is 4.73. The van der Waals surface area contributed by atoms with Crippen molar-refractivity contribution in [3.05, 3.63) is 58.0 Å². The third-order valence-electron chi connectivity index (χ3n) is 3.62. The second-order valence-electron chi connectivity index (χ2n) is 5.48. The van der Waals surface area contributed by atoms with Crippen LogP contribution in [0.5, 0.6) is 5.75 Å². The van der Waals surface area contributed by atoms with Gasteiger partial charge in [-0.15, -0.1) is 11.3 Å². The topological polar surface area (TPSA) is 43.7 Å². The summed E-state index contributed by atoms with van der Waals surface area (Å²) in [6.07, 6.45) is 0. The highest BCUT2D eigenvalue weighted by Gasteiger charge is 2.08. The van der Waals surface area contributed by atoms with E-state index in [1.807, 2.05) is 45.0 Å². The van der Waals surface area contributed by atoms with Gasteiger partial charge in [0, 0.05) is 5.39 Å². The minimum atomic E-state index is 0.400. The highest BCUT2D eigenvalue weighted by atomic mass is 32.1. The van der Waals surface area contributed by atoms with Crippen LogP contribution in [0.1, 0.15) is 22.5 Å². The molecule has 0 aliphatic carbocycles. The summed E-state index contributed by atoms with van der Waals surface area (Å²) in [6.45, 7) is 6.77. The van der Waals surface area contributed by atoms with Crippen LogP contribution in [0, 0.1) is 13.8 Å². The van der Waals surface area contributed by atoms with Gasteiger partial charge in [-0.25, -0.2) is 4.98 Å². The zero-order chi connectivity index (χ0) is 16.9. The van der Waals surface area contributed by atoms with Crippen molar-refractivity contribution in [3.63, 3.8) is 0 Å². The smallest absolute Gasteiger partial charge is 0.151 e. The molecule has 0 aliphatic rings. The molecule has 0 N–H and O–H groups in total. The van der Waals surface area contributed by atoms with Crippen molar-refractivity contribution >= 4 is 27.8 Å². The van der Waals surface area contributed by atoms with Crippen molar-refractivity contribution in [2.24, 2.45) is 5.16 Å². The molecule has 0 spiro atoms. The molecule has 0 unspecified atom stereocenters. The first kappa shape index (κ1) is 16.5. The fourth-order valence-corrected chi connectivity index (χ4v) is 3.42. The van der Waals surface area contributed by atoms with E-state index in [0.717, 1.165) is 32.4 Å². The van der Waals surface area contributed by atoms with E-state index in [1.54, 1.807) is 11.3 Å². The number of aromatic nitrogens is 1. The molecule has 2 aromatic carbocycles. The van der Waals surface area contributed by atoms with Crippen molar-refractivity contribution in [1.82, 2.24) is 4.98 Å². The van der Waals surface area contributed by atoms with Gasteiger partial charge >= 0.3 is 0 Å². The Morgan fingerprint density at radius 2 is 1.88 bits per heavy atom. The minimum Gasteiger partial charge on any atom is -0.489 e. The lowest BCUT2D eigenvalue weighted by atomic mass is 10.1. The van der Waals surface area contributed by atoms with Crippen LogP contribution >= 0.6 is 11.3 Å². The van der Waals surface area contributed by atoms with E-state index in [0.29, 0.717) is 13.2 Å². The molecule has 1 heterocycles. The Hall–Kier alpha value is -2.40. The van der Waals surface area contributed by atoms with Crippen LogP contribution < -0.4 is 4.74 Å². The fourth-order valence-electron chi connectivity index (χ4n) is 2.56. The summed E-state index contributed by atoms with van der Waals surface area (Å²) in [5, 5.41) is 7.48. The van der Waals surface area contributed by atoms with Crippen LogP contribution in [0.4, 0.5) is 0 Å². The van der Waals surface area contributed by atoms with E-state index in [4.69, 9.17) is 9.57 Å². The monoisotopic (exact) mass is 340 g/mol. The third kappa shape index (κ3) is 3.74. The molecule has 5 heteroatoms. The van der Waals surface area contributed by atoms with Gasteiger partial charge in [0.2, 0.25) is 0 Å². The number of oxime groups is 1. The van der Waals surface area contributed by atoms with Gasteiger partial charge in [0.25, 0.3) is 0 Å². The van der Waals surface area contributed by atoms with Gasteiger partial charge in [-0.2, -0.15) is 0 Å². The van der Waals surface area contributed by atoms with Gasteiger partial charge in [-0.1, -0.05) is 41.6 Å². The Morgan fingerprint density at radius 1 is 1.08 bits per heavy atom. The maximum Gasteiger partial charge on any atom is 0.151 e. The average Bonchev–Trinajstić information content (AvgIpc) is 2.93. The molecule has 3 aromatic rings. The SMILES string of the molecule is C/C(=N\OCCOc1cccc2ccccc12)c1sc(C)nc1C. The summed E-state index contributed by atoms with van der Waals surface area (Å²) < 4.78 is 5.83. The van der Waals surface area contributed by atoms with E-state index in [9.17, 15) is 0 Å². The number of fused-ring (bicyclic) bond motifs is 1. The maximum atomic E-state index is 5.83. The molecule has 3 rings (SSSR count). The normalized spacial score (nSPS) is 11.7. The standard InChI is InChI=1S/C19H20N2O2S/c1-13-19(24-15(3)20-13)14(2)21-23-12-11-22-18-10-6-8-16-7-4-5-9-17(16)18/h4-10H,11-12H2,1-3H3/b21-14+. The highest BCUT2D eigenvalue weighted by molar-refractivity contribution is 7.13. The number of thiazole rings is 1. The number of hydrogen-bond acceptors (Lipinski definition) is 5. The number of hydrogen-bond donors (Lipinski definition) is 0. The highest BCUT2D eigenvalue weighted by Crippen LogP contribution is 2.25. The molecule has 24 heavy (non-hydrogen) atoms. The molecule has 0 saturated heterocycles. The molecule has 0 saturated carbocycles. The van der Waals surface area contributed by atoms with Crippen LogP contribution in [0.3, 0.4) is 0 Å². The summed E-state index contributed by atoms with van der Waals surface area (Å²) in [4.78, 5) is 10.9. The van der Waals surface area contributed by atoms with Crippen molar-refractivity contribution in [1.29, 1.82) is 0 Å². The fraction of sp³-hybridized carbons (Fsp3) is 0.263. The van der Waals surface area contributed by atoms with Gasteiger partial charge < -0.3 is 9.57 Å².